The average Bonchev–Trinajstić information content (AvgIpc) is 3.43. The highest BCUT2D eigenvalue weighted by Gasteiger charge is 2.25. The van der Waals surface area contributed by atoms with Gasteiger partial charge in [-0.2, -0.15) is 9.97 Å². The van der Waals surface area contributed by atoms with Crippen LogP contribution in [0, 0.1) is 5.92 Å². The van der Waals surface area contributed by atoms with E-state index in [0.29, 0.717) is 42.3 Å². The number of aromatic nitrogens is 4. The number of hydrogen-bond donors (Lipinski definition) is 1. The summed E-state index contributed by atoms with van der Waals surface area (Å²) < 4.78 is 18.3. The Morgan fingerprint density at radius 3 is 2.84 bits per heavy atom. The zero-order chi connectivity index (χ0) is 22.1. The number of halogens is 1. The van der Waals surface area contributed by atoms with Gasteiger partial charge in [0.15, 0.2) is 23.0 Å². The molecule has 2 aliphatic rings. The highest BCUT2D eigenvalue weighted by Crippen LogP contribution is 2.35. The van der Waals surface area contributed by atoms with E-state index in [4.69, 9.17) is 31.5 Å². The van der Waals surface area contributed by atoms with E-state index in [2.05, 4.69) is 15.0 Å². The third kappa shape index (κ3) is 4.29. The number of rotatable bonds is 6. The molecule has 3 aromatic rings. The number of anilines is 1. The number of carbonyl (C=O) groups is 1. The van der Waals surface area contributed by atoms with Gasteiger partial charge in [0.1, 0.15) is 5.52 Å². The lowest BCUT2D eigenvalue weighted by Crippen LogP contribution is -2.22. The van der Waals surface area contributed by atoms with Crippen LogP contribution in [0.1, 0.15) is 43.7 Å². The fourth-order valence-electron chi connectivity index (χ4n) is 4.39. The number of hydrogen-bond acceptors (Lipinski definition) is 8. The van der Waals surface area contributed by atoms with Crippen molar-refractivity contribution in [2.75, 3.05) is 19.1 Å². The standard InChI is InChI=1S/C22H24ClN5O4/c23-22-26-20(24)19-21(27-22)28(11-25-19)15-5-1-14(2-6-15)10-30-18(29)8-4-13-3-7-16-17(9-13)32-12-31-16/h3,7,9,11,14-15H,1-2,4-6,8,10,12H2,(H2,24,26,27). The largest absolute Gasteiger partial charge is 0.465 e. The Bertz CT molecular complexity index is 1140. The predicted octanol–water partition coefficient (Wildman–Crippen LogP) is 3.70. The molecule has 3 heterocycles. The monoisotopic (exact) mass is 457 g/mol. The van der Waals surface area contributed by atoms with Gasteiger partial charge in [-0.25, -0.2) is 4.98 Å². The third-order valence-corrected chi connectivity index (χ3v) is 6.33. The Kier molecular flexibility index (Phi) is 5.73. The van der Waals surface area contributed by atoms with Crippen molar-refractivity contribution in [2.45, 2.75) is 44.6 Å². The van der Waals surface area contributed by atoms with Gasteiger partial charge in [0, 0.05) is 12.5 Å². The normalized spacial score (nSPS) is 19.9. The topological polar surface area (TPSA) is 114 Å². The summed E-state index contributed by atoms with van der Waals surface area (Å²) in [5, 5.41) is 0.123. The highest BCUT2D eigenvalue weighted by molar-refractivity contribution is 6.28. The first-order chi connectivity index (χ1) is 15.6. The molecule has 0 unspecified atom stereocenters. The number of nitrogens with zero attached hydrogens (tertiary/aromatic N) is 4. The molecule has 5 rings (SSSR count). The number of carbonyl (C=O) groups excluding carboxylic acids is 1. The van der Waals surface area contributed by atoms with Crippen LogP contribution in [-0.4, -0.2) is 38.9 Å². The molecule has 0 amide bonds. The fraction of sp³-hybridized carbons (Fsp3) is 0.455. The van der Waals surface area contributed by atoms with E-state index in [1.54, 1.807) is 6.33 Å². The molecule has 0 radical (unpaired) electrons. The molecule has 1 fully saturated rings. The summed E-state index contributed by atoms with van der Waals surface area (Å²) in [5.74, 6) is 1.95. The summed E-state index contributed by atoms with van der Waals surface area (Å²) >= 11 is 5.97. The van der Waals surface area contributed by atoms with Crippen LogP contribution in [0.15, 0.2) is 24.5 Å². The summed E-state index contributed by atoms with van der Waals surface area (Å²) in [7, 11) is 0. The molecule has 32 heavy (non-hydrogen) atoms. The van der Waals surface area contributed by atoms with Crippen LogP contribution in [0.5, 0.6) is 11.5 Å². The van der Waals surface area contributed by atoms with E-state index in [-0.39, 0.29) is 24.1 Å². The van der Waals surface area contributed by atoms with Crippen molar-refractivity contribution in [3.63, 3.8) is 0 Å². The zero-order valence-corrected chi connectivity index (χ0v) is 18.3. The van der Waals surface area contributed by atoms with Gasteiger partial charge >= 0.3 is 5.97 Å². The van der Waals surface area contributed by atoms with Gasteiger partial charge in [0.25, 0.3) is 0 Å². The van der Waals surface area contributed by atoms with Gasteiger partial charge in [-0.15, -0.1) is 0 Å². The predicted molar refractivity (Wildman–Crippen MR) is 118 cm³/mol. The minimum absolute atomic E-state index is 0.123. The number of esters is 1. The first-order valence-electron chi connectivity index (χ1n) is 10.8. The number of aryl methyl sites for hydroxylation is 1. The summed E-state index contributed by atoms with van der Waals surface area (Å²) in [6.45, 7) is 0.702. The van der Waals surface area contributed by atoms with E-state index >= 15 is 0 Å². The first kappa shape index (κ1) is 20.8. The second kappa shape index (κ2) is 8.82. The Morgan fingerprint density at radius 1 is 1.19 bits per heavy atom. The van der Waals surface area contributed by atoms with Crippen molar-refractivity contribution >= 4 is 34.6 Å². The van der Waals surface area contributed by atoms with Gasteiger partial charge in [0.05, 0.1) is 12.9 Å². The number of ether oxygens (including phenoxy) is 3. The Hall–Kier alpha value is -3.07. The molecule has 168 valence electrons. The molecular formula is C22H24ClN5O4. The van der Waals surface area contributed by atoms with Crippen LogP contribution in [-0.2, 0) is 16.0 Å². The van der Waals surface area contributed by atoms with E-state index in [1.807, 2.05) is 22.8 Å². The van der Waals surface area contributed by atoms with Crippen molar-refractivity contribution in [1.29, 1.82) is 0 Å². The molecule has 1 aliphatic heterocycles. The lowest BCUT2D eigenvalue weighted by molar-refractivity contribution is -0.145. The van der Waals surface area contributed by atoms with Crippen LogP contribution in [0.4, 0.5) is 5.82 Å². The molecule has 9 nitrogen and oxygen atoms in total. The van der Waals surface area contributed by atoms with Crippen LogP contribution in [0.25, 0.3) is 11.2 Å². The van der Waals surface area contributed by atoms with Gasteiger partial charge in [-0.05, 0) is 67.3 Å². The first-order valence-corrected chi connectivity index (χ1v) is 11.1. The van der Waals surface area contributed by atoms with Crippen LogP contribution in [0.3, 0.4) is 0 Å². The number of benzene rings is 1. The average molecular weight is 458 g/mol. The quantitative estimate of drug-likeness (QED) is 0.440. The summed E-state index contributed by atoms with van der Waals surface area (Å²) in [6.07, 6.45) is 6.55. The minimum atomic E-state index is -0.174. The van der Waals surface area contributed by atoms with Crippen LogP contribution < -0.4 is 15.2 Å². The van der Waals surface area contributed by atoms with E-state index < -0.39 is 0 Å². The maximum absolute atomic E-state index is 12.2. The molecule has 10 heteroatoms. The molecular weight excluding hydrogens is 434 g/mol. The second-order valence-electron chi connectivity index (χ2n) is 8.25. The molecule has 0 spiro atoms. The van der Waals surface area contributed by atoms with Crippen molar-refractivity contribution in [2.24, 2.45) is 5.92 Å². The molecule has 0 saturated heterocycles. The van der Waals surface area contributed by atoms with Crippen LogP contribution >= 0.6 is 11.6 Å². The Morgan fingerprint density at radius 2 is 2.00 bits per heavy atom. The Labute approximate surface area is 189 Å². The molecule has 1 aromatic carbocycles. The molecule has 2 N–H and O–H groups in total. The van der Waals surface area contributed by atoms with Gasteiger partial charge in [0.2, 0.25) is 12.1 Å². The smallest absolute Gasteiger partial charge is 0.306 e. The SMILES string of the molecule is Nc1nc(Cl)nc2c1ncn2C1CCC(COC(=O)CCc2ccc3c(c2)OCO3)CC1. The van der Waals surface area contributed by atoms with Crippen molar-refractivity contribution < 1.29 is 19.0 Å². The number of fused-ring (bicyclic) bond motifs is 2. The van der Waals surface area contributed by atoms with Gasteiger partial charge < -0.3 is 24.5 Å². The molecule has 2 aromatic heterocycles. The lowest BCUT2D eigenvalue weighted by atomic mass is 9.86. The van der Waals surface area contributed by atoms with Crippen molar-refractivity contribution in [3.05, 3.63) is 35.4 Å². The lowest BCUT2D eigenvalue weighted by Gasteiger charge is -2.29. The van der Waals surface area contributed by atoms with Gasteiger partial charge in [-0.1, -0.05) is 6.07 Å². The molecule has 1 saturated carbocycles. The van der Waals surface area contributed by atoms with Crippen molar-refractivity contribution in [3.8, 4) is 11.5 Å². The minimum Gasteiger partial charge on any atom is -0.465 e. The maximum Gasteiger partial charge on any atom is 0.306 e. The highest BCUT2D eigenvalue weighted by atomic mass is 35.5. The third-order valence-electron chi connectivity index (χ3n) is 6.17. The number of imidazole rings is 1. The zero-order valence-electron chi connectivity index (χ0n) is 17.5. The second-order valence-corrected chi connectivity index (χ2v) is 8.59. The number of nitrogen functional groups attached to an aromatic ring is 1. The maximum atomic E-state index is 12.2. The molecule has 1 aliphatic carbocycles. The summed E-state index contributed by atoms with van der Waals surface area (Å²) in [4.78, 5) is 24.8. The summed E-state index contributed by atoms with van der Waals surface area (Å²) in [6, 6.07) is 6.01. The van der Waals surface area contributed by atoms with Gasteiger partial charge in [-0.3, -0.25) is 4.79 Å². The molecule has 0 bridgehead atoms. The van der Waals surface area contributed by atoms with Crippen molar-refractivity contribution in [1.82, 2.24) is 19.5 Å². The number of nitrogens with two attached hydrogens (primary N) is 1. The van der Waals surface area contributed by atoms with Crippen LogP contribution in [0.2, 0.25) is 5.28 Å². The van der Waals surface area contributed by atoms with E-state index in [9.17, 15) is 4.79 Å². The van der Waals surface area contributed by atoms with E-state index in [0.717, 1.165) is 42.7 Å². The van der Waals surface area contributed by atoms with E-state index in [1.165, 1.54) is 0 Å². The summed E-state index contributed by atoms with van der Waals surface area (Å²) in [5.41, 5.74) is 8.18. The Balaban J connectivity index is 1.09. The molecule has 0 atom stereocenters. The fourth-order valence-corrected chi connectivity index (χ4v) is 4.56.